The minimum atomic E-state index is -0.797. The molecule has 0 spiro atoms. The van der Waals surface area contributed by atoms with Crippen molar-refractivity contribution in [3.05, 3.63) is 116 Å². The number of aryl methyl sites for hydroxylation is 1. The Hall–Kier alpha value is -4.32. The first-order chi connectivity index (χ1) is 21.6. The van der Waals surface area contributed by atoms with Crippen molar-refractivity contribution in [3.8, 4) is 16.3 Å². The molecule has 0 unspecified atom stereocenters. The molecule has 0 N–H and O–H groups in total. The SMILES string of the molecule is CCC(=O)Cc1ccc(-c2sc3c(c2CN(C)CCOC)c(=O)n(-c2ccc(C)cn2)c(=O)n3Cc2c(F)cccc2F)cc1. The van der Waals surface area contributed by atoms with Crippen molar-refractivity contribution in [2.24, 2.45) is 0 Å². The van der Waals surface area contributed by atoms with Crippen LogP contribution in [0.5, 0.6) is 0 Å². The first kappa shape index (κ1) is 32.1. The monoisotopic (exact) mass is 632 g/mol. The lowest BCUT2D eigenvalue weighted by atomic mass is 10.0. The lowest BCUT2D eigenvalue weighted by Gasteiger charge is -2.17. The van der Waals surface area contributed by atoms with E-state index in [0.717, 1.165) is 38.3 Å². The summed E-state index contributed by atoms with van der Waals surface area (Å²) in [6, 6.07) is 14.4. The van der Waals surface area contributed by atoms with Gasteiger partial charge < -0.3 is 4.74 Å². The summed E-state index contributed by atoms with van der Waals surface area (Å²) >= 11 is 1.22. The highest BCUT2D eigenvalue weighted by Crippen LogP contribution is 2.38. The van der Waals surface area contributed by atoms with Crippen LogP contribution in [0.2, 0.25) is 0 Å². The van der Waals surface area contributed by atoms with Crippen LogP contribution in [0.25, 0.3) is 26.5 Å². The highest BCUT2D eigenvalue weighted by molar-refractivity contribution is 7.22. The van der Waals surface area contributed by atoms with Gasteiger partial charge in [0.25, 0.3) is 5.56 Å². The third-order valence-electron chi connectivity index (χ3n) is 7.69. The molecule has 0 aliphatic carbocycles. The van der Waals surface area contributed by atoms with Crippen molar-refractivity contribution in [2.75, 3.05) is 27.3 Å². The molecule has 0 radical (unpaired) electrons. The Bertz CT molecular complexity index is 1940. The molecule has 3 heterocycles. The van der Waals surface area contributed by atoms with Gasteiger partial charge in [-0.15, -0.1) is 11.3 Å². The summed E-state index contributed by atoms with van der Waals surface area (Å²) < 4.78 is 37.3. The van der Waals surface area contributed by atoms with Crippen LogP contribution in [0.1, 0.15) is 35.6 Å². The molecule has 5 rings (SSSR count). The Morgan fingerprint density at radius 1 is 1.02 bits per heavy atom. The lowest BCUT2D eigenvalue weighted by Crippen LogP contribution is -2.39. The fourth-order valence-electron chi connectivity index (χ4n) is 5.15. The van der Waals surface area contributed by atoms with Gasteiger partial charge in [0.15, 0.2) is 0 Å². The number of carbonyl (C=O) groups is 1. The number of aromatic nitrogens is 3. The molecule has 0 atom stereocenters. The Morgan fingerprint density at radius 3 is 2.36 bits per heavy atom. The predicted molar refractivity (Wildman–Crippen MR) is 172 cm³/mol. The smallest absolute Gasteiger partial charge is 0.338 e. The van der Waals surface area contributed by atoms with Crippen molar-refractivity contribution in [3.63, 3.8) is 0 Å². The lowest BCUT2D eigenvalue weighted by molar-refractivity contribution is -0.118. The first-order valence-electron chi connectivity index (χ1n) is 14.6. The number of fused-ring (bicyclic) bond motifs is 1. The summed E-state index contributed by atoms with van der Waals surface area (Å²) in [4.78, 5) is 47.9. The molecular weight excluding hydrogens is 598 g/mol. The summed E-state index contributed by atoms with van der Waals surface area (Å²) in [5.74, 6) is -1.36. The van der Waals surface area contributed by atoms with Gasteiger partial charge in [-0.25, -0.2) is 23.1 Å². The van der Waals surface area contributed by atoms with Crippen molar-refractivity contribution >= 4 is 27.3 Å². The predicted octanol–water partition coefficient (Wildman–Crippen LogP) is 5.51. The molecule has 0 bridgehead atoms. The first-order valence-corrected chi connectivity index (χ1v) is 15.4. The van der Waals surface area contributed by atoms with Gasteiger partial charge in [0.2, 0.25) is 0 Å². The van der Waals surface area contributed by atoms with Gasteiger partial charge in [-0.3, -0.25) is 19.1 Å². The second-order valence-electron chi connectivity index (χ2n) is 11.0. The van der Waals surface area contributed by atoms with E-state index in [1.807, 2.05) is 50.1 Å². The quantitative estimate of drug-likeness (QED) is 0.180. The van der Waals surface area contributed by atoms with Crippen LogP contribution < -0.4 is 11.2 Å². The molecule has 11 heteroatoms. The summed E-state index contributed by atoms with van der Waals surface area (Å²) in [6.45, 7) is 4.59. The molecule has 0 amide bonds. The van der Waals surface area contributed by atoms with Gasteiger partial charge in [-0.1, -0.05) is 43.3 Å². The third-order valence-corrected chi connectivity index (χ3v) is 9.00. The zero-order valence-corrected chi connectivity index (χ0v) is 26.4. The number of hydrogen-bond acceptors (Lipinski definition) is 7. The van der Waals surface area contributed by atoms with E-state index in [0.29, 0.717) is 42.9 Å². The van der Waals surface area contributed by atoms with E-state index in [1.54, 1.807) is 25.4 Å². The second-order valence-corrected chi connectivity index (χ2v) is 12.0. The summed E-state index contributed by atoms with van der Waals surface area (Å²) in [5.41, 5.74) is 1.54. The molecule has 3 aromatic heterocycles. The molecule has 5 aromatic rings. The summed E-state index contributed by atoms with van der Waals surface area (Å²) in [6.07, 6.45) is 2.31. The number of carbonyl (C=O) groups excluding carboxylic acids is 1. The van der Waals surface area contributed by atoms with E-state index >= 15 is 0 Å². The van der Waals surface area contributed by atoms with Crippen LogP contribution in [0, 0.1) is 18.6 Å². The van der Waals surface area contributed by atoms with E-state index in [-0.39, 0.29) is 22.6 Å². The Morgan fingerprint density at radius 2 is 1.73 bits per heavy atom. The van der Waals surface area contributed by atoms with E-state index in [4.69, 9.17) is 4.74 Å². The number of methoxy groups -OCH3 is 1. The van der Waals surface area contributed by atoms with E-state index in [9.17, 15) is 23.2 Å². The van der Waals surface area contributed by atoms with E-state index in [2.05, 4.69) is 4.98 Å². The topological polar surface area (TPSA) is 86.4 Å². The maximum Gasteiger partial charge on any atom is 0.338 e. The van der Waals surface area contributed by atoms with Gasteiger partial charge in [0, 0.05) is 49.7 Å². The van der Waals surface area contributed by atoms with Crippen molar-refractivity contribution in [2.45, 2.75) is 39.8 Å². The molecule has 2 aromatic carbocycles. The minimum Gasteiger partial charge on any atom is -0.383 e. The number of likely N-dealkylation sites (N-methyl/N-ethyl adjacent to an activating group) is 1. The van der Waals surface area contributed by atoms with Crippen LogP contribution in [0.15, 0.2) is 70.4 Å². The van der Waals surface area contributed by atoms with E-state index < -0.39 is 29.4 Å². The van der Waals surface area contributed by atoms with Gasteiger partial charge >= 0.3 is 5.69 Å². The maximum atomic E-state index is 14.9. The minimum absolute atomic E-state index is 0.108. The average molecular weight is 633 g/mol. The summed E-state index contributed by atoms with van der Waals surface area (Å²) in [5, 5.41) is 0.267. The number of hydrogen-bond donors (Lipinski definition) is 0. The van der Waals surface area contributed by atoms with Gasteiger partial charge in [-0.05, 0) is 54.4 Å². The van der Waals surface area contributed by atoms with Crippen molar-refractivity contribution < 1.29 is 18.3 Å². The normalized spacial score (nSPS) is 11.5. The van der Waals surface area contributed by atoms with Crippen molar-refractivity contribution in [1.82, 2.24) is 19.0 Å². The number of ether oxygens (including phenoxy) is 1. The maximum absolute atomic E-state index is 14.9. The van der Waals surface area contributed by atoms with E-state index in [1.165, 1.54) is 22.0 Å². The summed E-state index contributed by atoms with van der Waals surface area (Å²) in [7, 11) is 3.51. The zero-order valence-electron chi connectivity index (χ0n) is 25.6. The number of benzene rings is 2. The Balaban J connectivity index is 1.81. The molecule has 0 aliphatic heterocycles. The molecular formula is C34H34F2N4O4S. The van der Waals surface area contributed by atoms with Crippen LogP contribution in [-0.4, -0.2) is 52.1 Å². The molecule has 45 heavy (non-hydrogen) atoms. The molecule has 8 nitrogen and oxygen atoms in total. The van der Waals surface area contributed by atoms with Gasteiger partial charge in [0.1, 0.15) is 28.1 Å². The fraction of sp³-hybridized carbons (Fsp3) is 0.294. The Kier molecular flexibility index (Phi) is 9.81. The zero-order chi connectivity index (χ0) is 32.2. The highest BCUT2D eigenvalue weighted by Gasteiger charge is 2.26. The third kappa shape index (κ3) is 6.70. The molecule has 0 saturated heterocycles. The van der Waals surface area contributed by atoms with Crippen LogP contribution >= 0.6 is 11.3 Å². The van der Waals surface area contributed by atoms with Crippen LogP contribution in [0.4, 0.5) is 8.78 Å². The number of thiophene rings is 1. The Labute approximate surface area is 263 Å². The van der Waals surface area contributed by atoms with Gasteiger partial charge in [-0.2, -0.15) is 0 Å². The average Bonchev–Trinajstić information content (AvgIpc) is 3.39. The molecule has 234 valence electrons. The van der Waals surface area contributed by atoms with Crippen LogP contribution in [-0.2, 0) is 29.0 Å². The highest BCUT2D eigenvalue weighted by atomic mass is 32.1. The second kappa shape index (κ2) is 13.8. The number of nitrogens with zero attached hydrogens (tertiary/aromatic N) is 4. The van der Waals surface area contributed by atoms with Crippen molar-refractivity contribution in [1.29, 1.82) is 0 Å². The fourth-order valence-corrected chi connectivity index (χ4v) is 6.45. The number of ketones is 1. The molecule has 0 aliphatic rings. The van der Waals surface area contributed by atoms with Gasteiger partial charge in [0.05, 0.1) is 18.5 Å². The standard InChI is InChI=1S/C34H34F2N4O4S/c1-5-24(41)17-22-10-12-23(13-11-22)31-26(19-38(3)15-16-44-4)30-32(42)40(29-14-9-21(2)18-37-29)34(43)39(33(30)45-31)20-25-27(35)7-6-8-28(25)36/h6-14,18H,5,15-17,19-20H2,1-4H3. The van der Waals surface area contributed by atoms with Crippen LogP contribution in [0.3, 0.4) is 0 Å². The number of rotatable bonds is 12. The number of Topliss-reactive ketones (excluding diaryl/α,β-unsaturated/α-hetero) is 1. The molecule has 0 fully saturated rings. The number of pyridine rings is 1. The number of halogens is 2. The molecule has 0 saturated carbocycles. The largest absolute Gasteiger partial charge is 0.383 e.